The number of aliphatic hydroxyl groups excluding tert-OH is 1. The number of aliphatic hydroxyl groups is 1. The standard InChI is InChI=1S/C21H19F5N4O3/c1-20(2,9-31)15-8-29-19(33-15)30-10-5-12(22)17(13(23)6-10)32-14-3-4-27-18-16(14)11(7-28-18)21(24,25)26/h3-7,15,31H,8-9H2,1-2H3,(H,27,28)(H,29,30). The zero-order valence-electron chi connectivity index (χ0n) is 17.4. The summed E-state index contributed by atoms with van der Waals surface area (Å²) in [6.07, 6.45) is -3.30. The Hall–Kier alpha value is -3.41. The molecule has 0 fully saturated rings. The van der Waals surface area contributed by atoms with Crippen LogP contribution in [0.3, 0.4) is 0 Å². The number of aromatic amines is 1. The van der Waals surface area contributed by atoms with Gasteiger partial charge in [0.05, 0.1) is 24.1 Å². The lowest BCUT2D eigenvalue weighted by Gasteiger charge is -2.28. The second-order valence-electron chi connectivity index (χ2n) is 8.13. The number of alkyl halides is 3. The number of amidine groups is 1. The van der Waals surface area contributed by atoms with Gasteiger partial charge in [0.2, 0.25) is 0 Å². The van der Waals surface area contributed by atoms with Crippen LogP contribution in [0.1, 0.15) is 19.4 Å². The highest BCUT2D eigenvalue weighted by Crippen LogP contribution is 2.41. The van der Waals surface area contributed by atoms with E-state index in [1.807, 2.05) is 0 Å². The summed E-state index contributed by atoms with van der Waals surface area (Å²) in [5.41, 5.74) is -1.84. The van der Waals surface area contributed by atoms with Crippen molar-refractivity contribution in [3.63, 3.8) is 0 Å². The SMILES string of the molecule is CC(C)(CO)C1CN=C(Nc2cc(F)c(Oc3ccnc4[nH]cc(C(F)(F)F)c34)c(F)c2)O1. The van der Waals surface area contributed by atoms with Crippen LogP contribution >= 0.6 is 0 Å². The summed E-state index contributed by atoms with van der Waals surface area (Å²) >= 11 is 0. The second kappa shape index (κ2) is 8.18. The number of aromatic nitrogens is 2. The van der Waals surface area contributed by atoms with Crippen LogP contribution in [0, 0.1) is 17.0 Å². The quantitative estimate of drug-likeness (QED) is 0.465. The molecule has 12 heteroatoms. The molecule has 2 aromatic heterocycles. The molecule has 0 saturated carbocycles. The van der Waals surface area contributed by atoms with E-state index in [9.17, 15) is 27.1 Å². The number of H-pyrrole nitrogens is 1. The molecule has 1 atom stereocenters. The molecule has 0 saturated heterocycles. The lowest BCUT2D eigenvalue weighted by atomic mass is 9.88. The van der Waals surface area contributed by atoms with Crippen molar-refractivity contribution in [3.8, 4) is 11.5 Å². The van der Waals surface area contributed by atoms with E-state index in [-0.39, 0.29) is 30.5 Å². The lowest BCUT2D eigenvalue weighted by Crippen LogP contribution is -2.36. The molecule has 4 rings (SSSR count). The third-order valence-electron chi connectivity index (χ3n) is 5.24. The number of benzene rings is 1. The van der Waals surface area contributed by atoms with Crippen molar-refractivity contribution in [1.29, 1.82) is 0 Å². The van der Waals surface area contributed by atoms with Gasteiger partial charge in [-0.3, -0.25) is 0 Å². The Balaban J connectivity index is 1.58. The number of anilines is 1. The van der Waals surface area contributed by atoms with Crippen LogP contribution in [0.25, 0.3) is 11.0 Å². The van der Waals surface area contributed by atoms with E-state index < -0.39 is 51.8 Å². The fourth-order valence-electron chi connectivity index (χ4n) is 3.25. The first-order chi connectivity index (χ1) is 15.5. The lowest BCUT2D eigenvalue weighted by molar-refractivity contribution is -0.136. The van der Waals surface area contributed by atoms with E-state index in [1.54, 1.807) is 13.8 Å². The first-order valence-corrected chi connectivity index (χ1v) is 9.79. The van der Waals surface area contributed by atoms with E-state index in [0.29, 0.717) is 6.20 Å². The van der Waals surface area contributed by atoms with Crippen LogP contribution in [0.5, 0.6) is 11.5 Å². The maximum Gasteiger partial charge on any atom is 0.418 e. The molecule has 3 aromatic rings. The molecular weight excluding hydrogens is 451 g/mol. The molecule has 0 bridgehead atoms. The van der Waals surface area contributed by atoms with Crippen LogP contribution in [0.2, 0.25) is 0 Å². The van der Waals surface area contributed by atoms with Gasteiger partial charge in [-0.05, 0) is 6.07 Å². The third kappa shape index (κ3) is 4.42. The normalized spacial score (nSPS) is 16.6. The van der Waals surface area contributed by atoms with Gasteiger partial charge in [0.15, 0.2) is 17.4 Å². The fourth-order valence-corrected chi connectivity index (χ4v) is 3.25. The Kier molecular flexibility index (Phi) is 5.64. The number of hydrogen-bond acceptors (Lipinski definition) is 6. The number of hydrogen-bond donors (Lipinski definition) is 3. The zero-order chi connectivity index (χ0) is 24.0. The molecule has 0 spiro atoms. The van der Waals surface area contributed by atoms with E-state index in [1.165, 1.54) is 0 Å². The molecular formula is C21H19F5N4O3. The monoisotopic (exact) mass is 470 g/mol. The predicted molar refractivity (Wildman–Crippen MR) is 109 cm³/mol. The molecule has 1 aliphatic heterocycles. The first kappa shape index (κ1) is 22.8. The highest BCUT2D eigenvalue weighted by Gasteiger charge is 2.36. The third-order valence-corrected chi connectivity index (χ3v) is 5.24. The van der Waals surface area contributed by atoms with Crippen molar-refractivity contribution >= 4 is 22.7 Å². The molecule has 1 unspecified atom stereocenters. The Morgan fingerprint density at radius 1 is 1.24 bits per heavy atom. The van der Waals surface area contributed by atoms with Gasteiger partial charge in [-0.25, -0.2) is 18.8 Å². The van der Waals surface area contributed by atoms with Gasteiger partial charge >= 0.3 is 6.18 Å². The van der Waals surface area contributed by atoms with Crippen molar-refractivity contribution in [2.75, 3.05) is 18.5 Å². The van der Waals surface area contributed by atoms with Crippen molar-refractivity contribution in [2.45, 2.75) is 26.1 Å². The minimum Gasteiger partial charge on any atom is -0.459 e. The van der Waals surface area contributed by atoms with Crippen molar-refractivity contribution in [3.05, 3.63) is 47.8 Å². The van der Waals surface area contributed by atoms with Gasteiger partial charge in [-0.2, -0.15) is 13.2 Å². The number of aliphatic imine (C=N–C) groups is 1. The van der Waals surface area contributed by atoms with E-state index >= 15 is 0 Å². The predicted octanol–water partition coefficient (Wildman–Crippen LogP) is 4.84. The number of ether oxygens (including phenoxy) is 2. The minimum atomic E-state index is -4.73. The number of pyridine rings is 1. The van der Waals surface area contributed by atoms with Crippen molar-refractivity contribution in [1.82, 2.24) is 9.97 Å². The minimum absolute atomic E-state index is 0.0203. The summed E-state index contributed by atoms with van der Waals surface area (Å²) in [6.45, 7) is 3.67. The van der Waals surface area contributed by atoms with E-state index in [2.05, 4.69) is 20.3 Å². The van der Waals surface area contributed by atoms with Gasteiger partial charge in [-0.1, -0.05) is 13.8 Å². The van der Waals surface area contributed by atoms with Gasteiger partial charge < -0.3 is 24.9 Å². The van der Waals surface area contributed by atoms with E-state index in [0.717, 1.165) is 24.4 Å². The van der Waals surface area contributed by atoms with Gasteiger partial charge in [0.25, 0.3) is 6.02 Å². The Labute approximate surface area is 184 Å². The smallest absolute Gasteiger partial charge is 0.418 e. The molecule has 0 amide bonds. The summed E-state index contributed by atoms with van der Waals surface area (Å²) in [6, 6.07) is 2.90. The number of nitrogens with zero attached hydrogens (tertiary/aromatic N) is 2. The summed E-state index contributed by atoms with van der Waals surface area (Å²) < 4.78 is 80.1. The Morgan fingerprint density at radius 3 is 2.58 bits per heavy atom. The van der Waals surface area contributed by atoms with Crippen molar-refractivity contribution < 1.29 is 36.5 Å². The molecule has 0 aliphatic carbocycles. The summed E-state index contributed by atoms with van der Waals surface area (Å²) in [7, 11) is 0. The summed E-state index contributed by atoms with van der Waals surface area (Å²) in [5, 5.41) is 11.6. The number of rotatable bonds is 5. The van der Waals surface area contributed by atoms with Crippen LogP contribution < -0.4 is 10.1 Å². The maximum absolute atomic E-state index is 14.7. The number of nitrogens with one attached hydrogen (secondary N) is 2. The number of halogens is 5. The molecule has 1 aromatic carbocycles. The van der Waals surface area contributed by atoms with Crippen LogP contribution in [0.4, 0.5) is 27.6 Å². The largest absolute Gasteiger partial charge is 0.459 e. The molecule has 33 heavy (non-hydrogen) atoms. The summed E-state index contributed by atoms with van der Waals surface area (Å²) in [5.74, 6) is -3.60. The van der Waals surface area contributed by atoms with Crippen LogP contribution in [0.15, 0.2) is 35.6 Å². The zero-order valence-corrected chi connectivity index (χ0v) is 17.4. The number of fused-ring (bicyclic) bond motifs is 1. The molecule has 3 heterocycles. The topological polar surface area (TPSA) is 91.8 Å². The molecule has 3 N–H and O–H groups in total. The highest BCUT2D eigenvalue weighted by atomic mass is 19.4. The van der Waals surface area contributed by atoms with Crippen molar-refractivity contribution in [2.24, 2.45) is 10.4 Å². The Morgan fingerprint density at radius 2 is 1.94 bits per heavy atom. The van der Waals surface area contributed by atoms with Gasteiger partial charge in [-0.15, -0.1) is 0 Å². The van der Waals surface area contributed by atoms with E-state index in [4.69, 9.17) is 9.47 Å². The molecule has 0 radical (unpaired) electrons. The first-order valence-electron chi connectivity index (χ1n) is 9.79. The second-order valence-corrected chi connectivity index (χ2v) is 8.13. The fraction of sp³-hybridized carbons (Fsp3) is 0.333. The molecule has 1 aliphatic rings. The maximum atomic E-state index is 14.7. The molecule has 7 nitrogen and oxygen atoms in total. The summed E-state index contributed by atoms with van der Waals surface area (Å²) in [4.78, 5) is 10.3. The average Bonchev–Trinajstić information content (AvgIpc) is 3.38. The van der Waals surface area contributed by atoms with Gasteiger partial charge in [0.1, 0.15) is 17.5 Å². The van der Waals surface area contributed by atoms with Gasteiger partial charge in [0, 0.05) is 35.6 Å². The van der Waals surface area contributed by atoms with Crippen LogP contribution in [-0.2, 0) is 10.9 Å². The average molecular weight is 470 g/mol. The Bertz CT molecular complexity index is 1200. The van der Waals surface area contributed by atoms with Crippen LogP contribution in [-0.4, -0.2) is 40.4 Å². The highest BCUT2D eigenvalue weighted by molar-refractivity contribution is 5.90. The molecule has 176 valence electrons.